The summed E-state index contributed by atoms with van der Waals surface area (Å²) in [6, 6.07) is 14.5. The van der Waals surface area contributed by atoms with Crippen molar-refractivity contribution in [1.82, 2.24) is 21.3 Å². The summed E-state index contributed by atoms with van der Waals surface area (Å²) in [5.41, 5.74) is 14.9. The largest absolute Gasteiger partial charge is 0.271 e. The lowest BCUT2D eigenvalue weighted by atomic mass is 9.93. The minimum absolute atomic E-state index is 0.0842. The number of hydrazone groups is 1. The van der Waals surface area contributed by atoms with Gasteiger partial charge in [-0.15, -0.1) is 0 Å². The number of hydrogen-bond acceptors (Lipinski definition) is 5. The minimum Gasteiger partial charge on any atom is -0.271 e. The number of benzene rings is 2. The summed E-state index contributed by atoms with van der Waals surface area (Å²) in [6.45, 7) is 1.87. The fourth-order valence-corrected chi connectivity index (χ4v) is 4.38. The van der Waals surface area contributed by atoms with Crippen LogP contribution in [0.4, 0.5) is 0 Å². The first-order valence-corrected chi connectivity index (χ1v) is 9.99. The van der Waals surface area contributed by atoms with E-state index >= 15 is 0 Å². The highest BCUT2D eigenvalue weighted by Gasteiger charge is 2.31. The molecule has 2 aliphatic rings. The average molecular weight is 385 g/mol. The SMILES string of the molecule is C/C(=N/NC(=O)C1CC(c2ccc3c4c(cccc24)CC3)NN1)c1ccncc1. The monoisotopic (exact) mass is 385 g/mol. The van der Waals surface area contributed by atoms with E-state index in [1.54, 1.807) is 12.4 Å². The van der Waals surface area contributed by atoms with Crippen LogP contribution in [-0.4, -0.2) is 22.6 Å². The molecule has 6 heteroatoms. The molecule has 146 valence electrons. The fraction of sp³-hybridized carbons (Fsp3) is 0.261. The molecule has 1 amide bonds. The number of nitrogens with zero attached hydrogens (tertiary/aromatic N) is 2. The summed E-state index contributed by atoms with van der Waals surface area (Å²) in [5, 5.41) is 6.94. The molecule has 5 rings (SSSR count). The summed E-state index contributed by atoms with van der Waals surface area (Å²) in [6.07, 6.45) is 6.33. The van der Waals surface area contributed by atoms with Gasteiger partial charge in [-0.05, 0) is 65.8 Å². The number of carbonyl (C=O) groups excluding carboxylic acids is 1. The van der Waals surface area contributed by atoms with Crippen LogP contribution in [0.25, 0.3) is 10.8 Å². The first-order chi connectivity index (χ1) is 14.2. The van der Waals surface area contributed by atoms with E-state index in [-0.39, 0.29) is 18.0 Å². The minimum atomic E-state index is -0.336. The standard InChI is InChI=1S/C23H23N5O/c1-14(15-9-11-24-12-10-15)25-28-23(29)21-13-20(26-27-21)18-8-7-17-6-5-16-3-2-4-19(18)22(16)17/h2-4,7-12,20-21,26-27H,5-6,13H2,1H3,(H,28,29)/b25-14-. The molecule has 6 nitrogen and oxygen atoms in total. The van der Waals surface area contributed by atoms with Crippen LogP contribution < -0.4 is 16.3 Å². The van der Waals surface area contributed by atoms with Crippen LogP contribution in [0.15, 0.2) is 60.0 Å². The number of rotatable bonds is 4. The molecule has 29 heavy (non-hydrogen) atoms. The maximum atomic E-state index is 12.6. The molecule has 1 fully saturated rings. The van der Waals surface area contributed by atoms with Crippen molar-refractivity contribution < 1.29 is 4.79 Å². The summed E-state index contributed by atoms with van der Waals surface area (Å²) in [7, 11) is 0. The Kier molecular flexibility index (Phi) is 4.58. The zero-order chi connectivity index (χ0) is 19.8. The van der Waals surface area contributed by atoms with Crippen LogP contribution in [0.3, 0.4) is 0 Å². The lowest BCUT2D eigenvalue weighted by Crippen LogP contribution is -2.41. The molecule has 1 saturated heterocycles. The van der Waals surface area contributed by atoms with Gasteiger partial charge in [-0.2, -0.15) is 5.10 Å². The normalized spacial score (nSPS) is 20.9. The summed E-state index contributed by atoms with van der Waals surface area (Å²) < 4.78 is 0. The number of nitrogens with one attached hydrogen (secondary N) is 3. The van der Waals surface area contributed by atoms with E-state index in [1.165, 1.54) is 27.5 Å². The highest BCUT2D eigenvalue weighted by molar-refractivity contribution is 5.99. The molecular formula is C23H23N5O. The highest BCUT2D eigenvalue weighted by atomic mass is 16.2. The summed E-state index contributed by atoms with van der Waals surface area (Å²) in [5.74, 6) is -0.140. The van der Waals surface area contributed by atoms with E-state index in [0.29, 0.717) is 6.42 Å². The van der Waals surface area contributed by atoms with Gasteiger partial charge < -0.3 is 0 Å². The third-order valence-electron chi connectivity index (χ3n) is 5.94. The number of carbonyl (C=O) groups is 1. The number of hydrazine groups is 1. The lowest BCUT2D eigenvalue weighted by Gasteiger charge is -2.14. The van der Waals surface area contributed by atoms with Crippen LogP contribution in [-0.2, 0) is 17.6 Å². The van der Waals surface area contributed by atoms with Crippen molar-refractivity contribution in [2.45, 2.75) is 38.3 Å². The smallest absolute Gasteiger partial charge is 0.258 e. The Morgan fingerprint density at radius 2 is 1.86 bits per heavy atom. The molecule has 3 aromatic rings. The Balaban J connectivity index is 1.31. The zero-order valence-electron chi connectivity index (χ0n) is 16.3. The number of aromatic nitrogens is 1. The topological polar surface area (TPSA) is 78.4 Å². The maximum absolute atomic E-state index is 12.6. The maximum Gasteiger partial charge on any atom is 0.258 e. The molecule has 1 aromatic heterocycles. The van der Waals surface area contributed by atoms with Crippen molar-refractivity contribution in [3.8, 4) is 0 Å². The van der Waals surface area contributed by atoms with Gasteiger partial charge in [0.15, 0.2) is 0 Å². The molecule has 0 radical (unpaired) electrons. The predicted octanol–water partition coefficient (Wildman–Crippen LogP) is 2.78. The summed E-state index contributed by atoms with van der Waals surface area (Å²) in [4.78, 5) is 16.6. The molecule has 3 N–H and O–H groups in total. The molecule has 1 aliphatic heterocycles. The summed E-state index contributed by atoms with van der Waals surface area (Å²) >= 11 is 0. The average Bonchev–Trinajstić information content (AvgIpc) is 3.42. The zero-order valence-corrected chi connectivity index (χ0v) is 16.3. The third kappa shape index (κ3) is 3.30. The van der Waals surface area contributed by atoms with Gasteiger partial charge in [0.1, 0.15) is 6.04 Å². The van der Waals surface area contributed by atoms with Crippen LogP contribution in [0.1, 0.15) is 41.6 Å². The van der Waals surface area contributed by atoms with Crippen LogP contribution in [0.2, 0.25) is 0 Å². The molecular weight excluding hydrogens is 362 g/mol. The molecule has 2 aromatic carbocycles. The van der Waals surface area contributed by atoms with Crippen molar-refractivity contribution >= 4 is 22.4 Å². The van der Waals surface area contributed by atoms with Gasteiger partial charge in [-0.3, -0.25) is 9.78 Å². The number of amides is 1. The van der Waals surface area contributed by atoms with Gasteiger partial charge in [0.25, 0.3) is 5.91 Å². The second kappa shape index (κ2) is 7.39. The Morgan fingerprint density at radius 1 is 1.07 bits per heavy atom. The number of pyridine rings is 1. The van der Waals surface area contributed by atoms with Crippen molar-refractivity contribution in [2.75, 3.05) is 0 Å². The first kappa shape index (κ1) is 18.0. The molecule has 0 saturated carbocycles. The van der Waals surface area contributed by atoms with Gasteiger partial charge >= 0.3 is 0 Å². The molecule has 2 heterocycles. The Labute approximate surface area is 169 Å². The molecule has 2 unspecified atom stereocenters. The predicted molar refractivity (Wildman–Crippen MR) is 113 cm³/mol. The second-order valence-electron chi connectivity index (χ2n) is 7.69. The Hall–Kier alpha value is -3.09. The van der Waals surface area contributed by atoms with Crippen LogP contribution in [0.5, 0.6) is 0 Å². The van der Waals surface area contributed by atoms with Crippen molar-refractivity contribution in [3.05, 3.63) is 77.1 Å². The molecule has 0 bridgehead atoms. The number of aryl methyl sites for hydroxylation is 2. The Morgan fingerprint density at radius 3 is 2.69 bits per heavy atom. The van der Waals surface area contributed by atoms with Gasteiger partial charge in [-0.25, -0.2) is 16.3 Å². The lowest BCUT2D eigenvalue weighted by molar-refractivity contribution is -0.122. The highest BCUT2D eigenvalue weighted by Crippen LogP contribution is 2.36. The van der Waals surface area contributed by atoms with Crippen molar-refractivity contribution in [3.63, 3.8) is 0 Å². The van der Waals surface area contributed by atoms with E-state index in [9.17, 15) is 4.79 Å². The molecule has 1 aliphatic carbocycles. The first-order valence-electron chi connectivity index (χ1n) is 9.99. The van der Waals surface area contributed by atoms with E-state index in [0.717, 1.165) is 24.1 Å². The van der Waals surface area contributed by atoms with E-state index in [2.05, 4.69) is 56.7 Å². The quantitative estimate of drug-likeness (QED) is 0.477. The van der Waals surface area contributed by atoms with Crippen LogP contribution >= 0.6 is 0 Å². The van der Waals surface area contributed by atoms with E-state index in [1.807, 2.05) is 19.1 Å². The van der Waals surface area contributed by atoms with Gasteiger partial charge in [0.05, 0.1) is 5.71 Å². The number of hydrogen-bond donors (Lipinski definition) is 3. The van der Waals surface area contributed by atoms with Crippen molar-refractivity contribution in [1.29, 1.82) is 0 Å². The van der Waals surface area contributed by atoms with Crippen LogP contribution in [0, 0.1) is 0 Å². The molecule has 0 spiro atoms. The molecule has 2 atom stereocenters. The second-order valence-corrected chi connectivity index (χ2v) is 7.69. The fourth-order valence-electron chi connectivity index (χ4n) is 4.38. The third-order valence-corrected chi connectivity index (χ3v) is 5.94. The van der Waals surface area contributed by atoms with Crippen molar-refractivity contribution in [2.24, 2.45) is 5.10 Å². The Bertz CT molecular complexity index is 1100. The van der Waals surface area contributed by atoms with Gasteiger partial charge in [0, 0.05) is 24.0 Å². The van der Waals surface area contributed by atoms with Gasteiger partial charge in [0.2, 0.25) is 0 Å². The van der Waals surface area contributed by atoms with E-state index < -0.39 is 0 Å². The van der Waals surface area contributed by atoms with Gasteiger partial charge in [-0.1, -0.05) is 30.3 Å². The van der Waals surface area contributed by atoms with E-state index in [4.69, 9.17) is 0 Å².